The third kappa shape index (κ3) is 5.20. The van der Waals surface area contributed by atoms with Gasteiger partial charge in [-0.3, -0.25) is 19.4 Å². The monoisotopic (exact) mass is 400 g/mol. The van der Waals surface area contributed by atoms with Gasteiger partial charge in [0.2, 0.25) is 11.8 Å². The molecular weight excluding hydrogens is 376 g/mol. The average molecular weight is 400 g/mol. The molecule has 2 aromatic heterocycles. The molecule has 29 heavy (non-hydrogen) atoms. The standard InChI is InChI=1S/C20H24N4O5/c1-28-11-9-21-17(25)6-8-23-19(26)15-13-24(20(27)16-5-3-10-29-16)12-14-4-2-7-22-18(14)15/h2-5,7,10,15H,6,8-9,11-13H2,1H3,(H,21,25)(H,23,26). The van der Waals surface area contributed by atoms with E-state index in [1.807, 2.05) is 6.07 Å². The van der Waals surface area contributed by atoms with Crippen LogP contribution in [-0.2, 0) is 20.9 Å². The van der Waals surface area contributed by atoms with E-state index < -0.39 is 5.92 Å². The Kier molecular flexibility index (Phi) is 6.96. The first kappa shape index (κ1) is 20.5. The molecule has 1 unspecified atom stereocenters. The lowest BCUT2D eigenvalue weighted by Crippen LogP contribution is -2.44. The Morgan fingerprint density at radius 2 is 2.10 bits per heavy atom. The van der Waals surface area contributed by atoms with Gasteiger partial charge in [0.15, 0.2) is 5.76 Å². The zero-order chi connectivity index (χ0) is 20.6. The maximum atomic E-state index is 12.8. The predicted octanol–water partition coefficient (Wildman–Crippen LogP) is 0.683. The highest BCUT2D eigenvalue weighted by Crippen LogP contribution is 2.27. The number of hydrogen-bond acceptors (Lipinski definition) is 6. The maximum Gasteiger partial charge on any atom is 0.289 e. The molecule has 9 nitrogen and oxygen atoms in total. The topological polar surface area (TPSA) is 114 Å². The molecule has 0 fully saturated rings. The summed E-state index contributed by atoms with van der Waals surface area (Å²) < 4.78 is 10.1. The molecule has 3 amide bonds. The summed E-state index contributed by atoms with van der Waals surface area (Å²) in [5.41, 5.74) is 1.47. The van der Waals surface area contributed by atoms with Crippen molar-refractivity contribution in [2.45, 2.75) is 18.9 Å². The summed E-state index contributed by atoms with van der Waals surface area (Å²) >= 11 is 0. The van der Waals surface area contributed by atoms with Crippen LogP contribution in [-0.4, -0.2) is 61.0 Å². The van der Waals surface area contributed by atoms with Crippen LogP contribution in [0.5, 0.6) is 0 Å². The van der Waals surface area contributed by atoms with Gasteiger partial charge in [-0.25, -0.2) is 0 Å². The Morgan fingerprint density at radius 1 is 1.24 bits per heavy atom. The Bertz CT molecular complexity index is 852. The summed E-state index contributed by atoms with van der Waals surface area (Å²) in [6.07, 6.45) is 3.23. The second kappa shape index (κ2) is 9.83. The molecule has 0 saturated heterocycles. The second-order valence-electron chi connectivity index (χ2n) is 6.65. The van der Waals surface area contributed by atoms with Gasteiger partial charge >= 0.3 is 0 Å². The molecule has 3 heterocycles. The van der Waals surface area contributed by atoms with Gasteiger partial charge in [-0.2, -0.15) is 0 Å². The molecule has 0 saturated carbocycles. The van der Waals surface area contributed by atoms with Gasteiger partial charge in [-0.05, 0) is 23.8 Å². The van der Waals surface area contributed by atoms with Crippen LogP contribution >= 0.6 is 0 Å². The SMILES string of the molecule is COCCNC(=O)CCNC(=O)C1CN(C(=O)c2ccco2)Cc2cccnc21. The molecule has 0 radical (unpaired) electrons. The molecule has 0 bridgehead atoms. The molecule has 1 aliphatic rings. The van der Waals surface area contributed by atoms with E-state index in [0.717, 1.165) is 5.56 Å². The number of carbonyl (C=O) groups excluding carboxylic acids is 3. The predicted molar refractivity (Wildman–Crippen MR) is 103 cm³/mol. The maximum absolute atomic E-state index is 12.8. The first-order valence-electron chi connectivity index (χ1n) is 9.40. The van der Waals surface area contributed by atoms with Crippen LogP contribution in [0.25, 0.3) is 0 Å². The van der Waals surface area contributed by atoms with Gasteiger partial charge in [-0.15, -0.1) is 0 Å². The molecule has 2 aromatic rings. The number of nitrogens with zero attached hydrogens (tertiary/aromatic N) is 2. The van der Waals surface area contributed by atoms with Crippen molar-refractivity contribution in [1.29, 1.82) is 0 Å². The molecule has 0 aliphatic carbocycles. The van der Waals surface area contributed by atoms with Gasteiger partial charge in [0.05, 0.1) is 24.5 Å². The fraction of sp³-hybridized carbons (Fsp3) is 0.400. The van der Waals surface area contributed by atoms with E-state index in [0.29, 0.717) is 25.4 Å². The third-order valence-electron chi connectivity index (χ3n) is 4.64. The summed E-state index contributed by atoms with van der Waals surface area (Å²) in [6, 6.07) is 6.87. The fourth-order valence-corrected chi connectivity index (χ4v) is 3.20. The van der Waals surface area contributed by atoms with Crippen LogP contribution in [0.3, 0.4) is 0 Å². The Balaban J connectivity index is 1.63. The highest BCUT2D eigenvalue weighted by molar-refractivity contribution is 5.93. The van der Waals surface area contributed by atoms with Crippen molar-refractivity contribution in [3.63, 3.8) is 0 Å². The number of methoxy groups -OCH3 is 1. The molecule has 0 spiro atoms. The summed E-state index contributed by atoms with van der Waals surface area (Å²) in [5, 5.41) is 5.48. The molecule has 2 N–H and O–H groups in total. The average Bonchev–Trinajstić information content (AvgIpc) is 3.27. The van der Waals surface area contributed by atoms with Crippen LogP contribution in [0, 0.1) is 0 Å². The van der Waals surface area contributed by atoms with E-state index in [9.17, 15) is 14.4 Å². The lowest BCUT2D eigenvalue weighted by atomic mass is 9.93. The number of rotatable bonds is 8. The van der Waals surface area contributed by atoms with E-state index in [2.05, 4.69) is 15.6 Å². The Hall–Kier alpha value is -3.20. The van der Waals surface area contributed by atoms with Gasteiger partial charge in [0.1, 0.15) is 0 Å². The van der Waals surface area contributed by atoms with Crippen molar-refractivity contribution in [1.82, 2.24) is 20.5 Å². The lowest BCUT2D eigenvalue weighted by Gasteiger charge is -2.32. The van der Waals surface area contributed by atoms with E-state index in [1.165, 1.54) is 6.26 Å². The Morgan fingerprint density at radius 3 is 2.86 bits per heavy atom. The summed E-state index contributed by atoms with van der Waals surface area (Å²) in [4.78, 5) is 43.2. The van der Waals surface area contributed by atoms with Gasteiger partial charge in [-0.1, -0.05) is 6.07 Å². The lowest BCUT2D eigenvalue weighted by molar-refractivity contribution is -0.123. The minimum absolute atomic E-state index is 0.159. The molecule has 1 atom stereocenters. The molecular formula is C20H24N4O5. The van der Waals surface area contributed by atoms with Crippen molar-refractivity contribution in [2.24, 2.45) is 0 Å². The second-order valence-corrected chi connectivity index (χ2v) is 6.65. The van der Waals surface area contributed by atoms with Crippen LogP contribution < -0.4 is 10.6 Å². The highest BCUT2D eigenvalue weighted by atomic mass is 16.5. The zero-order valence-electron chi connectivity index (χ0n) is 16.2. The highest BCUT2D eigenvalue weighted by Gasteiger charge is 2.34. The van der Waals surface area contributed by atoms with Crippen molar-refractivity contribution in [3.05, 3.63) is 53.7 Å². The first-order chi connectivity index (χ1) is 14.1. The number of ether oxygens (including phenoxy) is 1. The van der Waals surface area contributed by atoms with E-state index in [-0.39, 0.29) is 43.0 Å². The largest absolute Gasteiger partial charge is 0.459 e. The van der Waals surface area contributed by atoms with Crippen molar-refractivity contribution in [3.8, 4) is 0 Å². The number of furan rings is 1. The number of aromatic nitrogens is 1. The first-order valence-corrected chi connectivity index (χ1v) is 9.40. The normalized spacial score (nSPS) is 15.5. The van der Waals surface area contributed by atoms with Crippen molar-refractivity contribution >= 4 is 17.7 Å². The minimum Gasteiger partial charge on any atom is -0.459 e. The van der Waals surface area contributed by atoms with E-state index >= 15 is 0 Å². The summed E-state index contributed by atoms with van der Waals surface area (Å²) in [5.74, 6) is -1.11. The molecule has 3 rings (SSSR count). The van der Waals surface area contributed by atoms with Gasteiger partial charge < -0.3 is 24.7 Å². The Labute approximate surface area is 168 Å². The minimum atomic E-state index is -0.615. The quantitative estimate of drug-likeness (QED) is 0.630. The summed E-state index contributed by atoms with van der Waals surface area (Å²) in [7, 11) is 1.56. The number of carbonyl (C=O) groups is 3. The fourth-order valence-electron chi connectivity index (χ4n) is 3.20. The van der Waals surface area contributed by atoms with Crippen molar-refractivity contribution < 1.29 is 23.5 Å². The van der Waals surface area contributed by atoms with Crippen LogP contribution in [0.4, 0.5) is 0 Å². The number of nitrogens with one attached hydrogen (secondary N) is 2. The smallest absolute Gasteiger partial charge is 0.289 e. The molecule has 0 aromatic carbocycles. The van der Waals surface area contributed by atoms with Crippen LogP contribution in [0.15, 0.2) is 41.1 Å². The zero-order valence-corrected chi connectivity index (χ0v) is 16.2. The van der Waals surface area contributed by atoms with E-state index in [1.54, 1.807) is 36.4 Å². The molecule has 1 aliphatic heterocycles. The van der Waals surface area contributed by atoms with Crippen molar-refractivity contribution in [2.75, 3.05) is 33.4 Å². The van der Waals surface area contributed by atoms with E-state index in [4.69, 9.17) is 9.15 Å². The van der Waals surface area contributed by atoms with Gasteiger partial charge in [0.25, 0.3) is 5.91 Å². The van der Waals surface area contributed by atoms with Crippen LogP contribution in [0.1, 0.15) is 34.2 Å². The number of pyridine rings is 1. The van der Waals surface area contributed by atoms with Gasteiger partial charge in [0, 0.05) is 45.9 Å². The number of hydrogen-bond donors (Lipinski definition) is 2. The third-order valence-corrected chi connectivity index (χ3v) is 4.64. The number of amides is 3. The summed E-state index contributed by atoms with van der Waals surface area (Å²) in [6.45, 7) is 1.60. The number of fused-ring (bicyclic) bond motifs is 1. The molecule has 154 valence electrons. The molecule has 9 heteroatoms. The van der Waals surface area contributed by atoms with Crippen LogP contribution in [0.2, 0.25) is 0 Å².